The lowest BCUT2D eigenvalue weighted by atomic mass is 9.80. The maximum absolute atomic E-state index is 11.6. The van der Waals surface area contributed by atoms with Crippen LogP contribution in [0.15, 0.2) is 30.3 Å². The maximum atomic E-state index is 11.6. The van der Waals surface area contributed by atoms with Crippen molar-refractivity contribution in [3.63, 3.8) is 0 Å². The second-order valence-corrected chi connectivity index (χ2v) is 4.81. The summed E-state index contributed by atoms with van der Waals surface area (Å²) in [7, 11) is 1.65. The predicted molar refractivity (Wildman–Crippen MR) is 73.5 cm³/mol. The molecule has 0 aliphatic heterocycles. The molecule has 0 heterocycles. The summed E-state index contributed by atoms with van der Waals surface area (Å²) in [5, 5.41) is 2.75. The van der Waals surface area contributed by atoms with E-state index in [1.807, 2.05) is 30.3 Å². The standard InChI is InChI=1S/C14H19N3O3/c1-15-17-13(18)11-7-12(8-11)16-14(19)20-9-10-5-3-2-4-6-10/h2-6,11-12,15H,7-9H2,1H3,(H,16,19)(H,17,18). The van der Waals surface area contributed by atoms with Crippen LogP contribution in [0.25, 0.3) is 0 Å². The van der Waals surface area contributed by atoms with Gasteiger partial charge >= 0.3 is 6.09 Å². The second kappa shape index (κ2) is 6.91. The van der Waals surface area contributed by atoms with Gasteiger partial charge in [-0.1, -0.05) is 30.3 Å². The molecule has 3 N–H and O–H groups in total. The molecule has 0 bridgehead atoms. The van der Waals surface area contributed by atoms with Gasteiger partial charge in [0.2, 0.25) is 5.91 Å². The molecule has 108 valence electrons. The molecule has 6 heteroatoms. The van der Waals surface area contributed by atoms with Crippen molar-refractivity contribution >= 4 is 12.0 Å². The summed E-state index contributed by atoms with van der Waals surface area (Å²) < 4.78 is 5.11. The van der Waals surface area contributed by atoms with Gasteiger partial charge in [-0.25, -0.2) is 10.2 Å². The van der Waals surface area contributed by atoms with Gasteiger partial charge in [0.15, 0.2) is 0 Å². The molecule has 0 saturated heterocycles. The normalized spacial score (nSPS) is 20.6. The number of carbonyl (C=O) groups excluding carboxylic acids is 2. The van der Waals surface area contributed by atoms with Gasteiger partial charge in [0.1, 0.15) is 6.61 Å². The molecule has 0 aromatic heterocycles. The monoisotopic (exact) mass is 277 g/mol. The van der Waals surface area contributed by atoms with Gasteiger partial charge in [-0.05, 0) is 18.4 Å². The molecule has 1 fully saturated rings. The van der Waals surface area contributed by atoms with E-state index in [0.29, 0.717) is 12.8 Å². The van der Waals surface area contributed by atoms with Crippen molar-refractivity contribution in [2.75, 3.05) is 7.05 Å². The quantitative estimate of drug-likeness (QED) is 0.700. The number of nitrogens with one attached hydrogen (secondary N) is 3. The Hall–Kier alpha value is -2.08. The van der Waals surface area contributed by atoms with Crippen molar-refractivity contribution in [1.82, 2.24) is 16.2 Å². The molecule has 1 saturated carbocycles. The van der Waals surface area contributed by atoms with Gasteiger partial charge < -0.3 is 10.1 Å². The van der Waals surface area contributed by atoms with Crippen LogP contribution in [0.1, 0.15) is 18.4 Å². The van der Waals surface area contributed by atoms with Crippen LogP contribution < -0.4 is 16.2 Å². The van der Waals surface area contributed by atoms with Gasteiger partial charge in [-0.2, -0.15) is 0 Å². The van der Waals surface area contributed by atoms with E-state index < -0.39 is 6.09 Å². The molecule has 1 aromatic rings. The Morgan fingerprint density at radius 2 is 1.95 bits per heavy atom. The molecule has 0 unspecified atom stereocenters. The van der Waals surface area contributed by atoms with Crippen LogP contribution in [0.5, 0.6) is 0 Å². The van der Waals surface area contributed by atoms with E-state index >= 15 is 0 Å². The average Bonchev–Trinajstić information content (AvgIpc) is 2.41. The largest absolute Gasteiger partial charge is 0.445 e. The van der Waals surface area contributed by atoms with E-state index in [1.54, 1.807) is 7.05 Å². The second-order valence-electron chi connectivity index (χ2n) is 4.81. The third-order valence-electron chi connectivity index (χ3n) is 3.29. The fourth-order valence-corrected chi connectivity index (χ4v) is 2.11. The smallest absolute Gasteiger partial charge is 0.407 e. The summed E-state index contributed by atoms with van der Waals surface area (Å²) in [6, 6.07) is 9.52. The van der Waals surface area contributed by atoms with Gasteiger partial charge in [0.05, 0.1) is 0 Å². The third-order valence-corrected chi connectivity index (χ3v) is 3.29. The minimum atomic E-state index is -0.439. The molecule has 6 nitrogen and oxygen atoms in total. The van der Waals surface area contributed by atoms with E-state index in [1.165, 1.54) is 0 Å². The number of benzene rings is 1. The average molecular weight is 277 g/mol. The summed E-state index contributed by atoms with van der Waals surface area (Å²) >= 11 is 0. The molecule has 2 amide bonds. The highest BCUT2D eigenvalue weighted by atomic mass is 16.5. The summed E-state index contributed by atoms with van der Waals surface area (Å²) in [5.41, 5.74) is 6.08. The van der Waals surface area contributed by atoms with E-state index in [0.717, 1.165) is 5.56 Å². The Balaban J connectivity index is 1.63. The maximum Gasteiger partial charge on any atom is 0.407 e. The lowest BCUT2D eigenvalue weighted by Crippen LogP contribution is -2.51. The minimum Gasteiger partial charge on any atom is -0.445 e. The van der Waals surface area contributed by atoms with Gasteiger partial charge in [0, 0.05) is 19.0 Å². The Kier molecular flexibility index (Phi) is 4.95. The molecule has 0 atom stereocenters. The molecule has 2 rings (SSSR count). The zero-order valence-corrected chi connectivity index (χ0v) is 11.4. The van der Waals surface area contributed by atoms with Crippen LogP contribution in [0.2, 0.25) is 0 Å². The Morgan fingerprint density at radius 3 is 2.60 bits per heavy atom. The first-order chi connectivity index (χ1) is 9.69. The summed E-state index contributed by atoms with van der Waals surface area (Å²) in [4.78, 5) is 23.0. The van der Waals surface area contributed by atoms with Crippen molar-refractivity contribution in [1.29, 1.82) is 0 Å². The molecule has 0 radical (unpaired) electrons. The van der Waals surface area contributed by atoms with Crippen LogP contribution in [-0.2, 0) is 16.1 Å². The number of amides is 2. The van der Waals surface area contributed by atoms with Crippen LogP contribution in [-0.4, -0.2) is 25.1 Å². The summed E-state index contributed by atoms with van der Waals surface area (Å²) in [6.07, 6.45) is 0.855. The topological polar surface area (TPSA) is 79.5 Å². The highest BCUT2D eigenvalue weighted by molar-refractivity contribution is 5.79. The van der Waals surface area contributed by atoms with E-state index in [-0.39, 0.29) is 24.5 Å². The molecular weight excluding hydrogens is 258 g/mol. The Labute approximate surface area is 117 Å². The van der Waals surface area contributed by atoms with Crippen molar-refractivity contribution < 1.29 is 14.3 Å². The minimum absolute atomic E-state index is 0.0193. The van der Waals surface area contributed by atoms with E-state index in [9.17, 15) is 9.59 Å². The number of rotatable bonds is 5. The molecule has 0 spiro atoms. The lowest BCUT2D eigenvalue weighted by molar-refractivity contribution is -0.129. The Morgan fingerprint density at radius 1 is 1.25 bits per heavy atom. The van der Waals surface area contributed by atoms with Crippen molar-refractivity contribution in [2.45, 2.75) is 25.5 Å². The fourth-order valence-electron chi connectivity index (χ4n) is 2.11. The number of hydrogen-bond acceptors (Lipinski definition) is 4. The SMILES string of the molecule is CNNC(=O)C1CC(NC(=O)OCc2ccccc2)C1. The number of carbonyl (C=O) groups is 2. The number of hydrazine groups is 1. The zero-order chi connectivity index (χ0) is 14.4. The molecule has 1 aliphatic carbocycles. The summed E-state index contributed by atoms with van der Waals surface area (Å²) in [5.74, 6) is -0.0786. The predicted octanol–water partition coefficient (Wildman–Crippen LogP) is 0.942. The van der Waals surface area contributed by atoms with Crippen LogP contribution in [0, 0.1) is 5.92 Å². The third kappa shape index (κ3) is 3.96. The molecular formula is C14H19N3O3. The van der Waals surface area contributed by atoms with Crippen LogP contribution in [0.3, 0.4) is 0 Å². The first-order valence-corrected chi connectivity index (χ1v) is 6.63. The first kappa shape index (κ1) is 14.3. The van der Waals surface area contributed by atoms with Gasteiger partial charge in [0.25, 0.3) is 0 Å². The molecule has 1 aromatic carbocycles. The number of alkyl carbamates (subject to hydrolysis) is 1. The number of ether oxygens (including phenoxy) is 1. The van der Waals surface area contributed by atoms with E-state index in [2.05, 4.69) is 16.2 Å². The van der Waals surface area contributed by atoms with Crippen molar-refractivity contribution in [2.24, 2.45) is 5.92 Å². The van der Waals surface area contributed by atoms with E-state index in [4.69, 9.17) is 4.74 Å². The van der Waals surface area contributed by atoms with Crippen LogP contribution >= 0.6 is 0 Å². The Bertz CT molecular complexity index is 458. The highest BCUT2D eigenvalue weighted by Crippen LogP contribution is 2.27. The molecule has 1 aliphatic rings. The zero-order valence-electron chi connectivity index (χ0n) is 11.4. The molecule has 20 heavy (non-hydrogen) atoms. The summed E-state index contributed by atoms with van der Waals surface area (Å²) in [6.45, 7) is 0.253. The highest BCUT2D eigenvalue weighted by Gasteiger charge is 2.35. The number of hydrogen-bond donors (Lipinski definition) is 3. The van der Waals surface area contributed by atoms with Gasteiger partial charge in [-0.3, -0.25) is 10.2 Å². The lowest BCUT2D eigenvalue weighted by Gasteiger charge is -2.34. The van der Waals surface area contributed by atoms with Crippen LogP contribution in [0.4, 0.5) is 4.79 Å². The van der Waals surface area contributed by atoms with Crippen molar-refractivity contribution in [3.05, 3.63) is 35.9 Å². The first-order valence-electron chi connectivity index (χ1n) is 6.63. The fraction of sp³-hybridized carbons (Fsp3) is 0.429. The van der Waals surface area contributed by atoms with Crippen molar-refractivity contribution in [3.8, 4) is 0 Å². The van der Waals surface area contributed by atoms with Gasteiger partial charge in [-0.15, -0.1) is 0 Å².